The van der Waals surface area contributed by atoms with Gasteiger partial charge in [-0.25, -0.2) is 9.37 Å². The number of fused-ring (bicyclic) bond motifs is 2. The molecule has 2 atom stereocenters. The number of hydrogen-bond acceptors (Lipinski definition) is 7. The van der Waals surface area contributed by atoms with Crippen molar-refractivity contribution in [2.75, 3.05) is 20.3 Å². The molecule has 2 aromatic heterocycles. The molecule has 3 heterocycles. The Morgan fingerprint density at radius 1 is 1.27 bits per heavy atom. The van der Waals surface area contributed by atoms with Gasteiger partial charge in [0.2, 0.25) is 5.91 Å². The first-order chi connectivity index (χ1) is 21.0. The van der Waals surface area contributed by atoms with Crippen molar-refractivity contribution in [1.29, 1.82) is 0 Å². The number of nitrogens with two attached hydrogens (primary N) is 1. The molecule has 1 unspecified atom stereocenters. The molecule has 4 N–H and O–H groups in total. The normalized spacial score (nSPS) is 20.6. The topological polar surface area (TPSA) is 142 Å². The van der Waals surface area contributed by atoms with E-state index in [1.54, 1.807) is 31.2 Å². The second-order valence-electron chi connectivity index (χ2n) is 12.2. The molecule has 2 fully saturated rings. The number of aliphatic hydroxyl groups is 1. The van der Waals surface area contributed by atoms with Crippen LogP contribution in [0.1, 0.15) is 60.3 Å². The van der Waals surface area contributed by atoms with E-state index in [0.717, 1.165) is 18.2 Å². The van der Waals surface area contributed by atoms with Crippen molar-refractivity contribution in [1.82, 2.24) is 20.1 Å². The number of amides is 2. The number of primary amides is 1. The second kappa shape index (κ2) is 10.2. The number of methoxy groups -OCH3 is 1. The van der Waals surface area contributed by atoms with Crippen LogP contribution in [0, 0.1) is 11.7 Å². The maximum Gasteiger partial charge on any atom is 0.251 e. The van der Waals surface area contributed by atoms with E-state index in [1.807, 2.05) is 10.9 Å². The zero-order valence-corrected chi connectivity index (χ0v) is 24.9. The molecule has 2 amide bonds. The molecule has 0 bridgehead atoms. The van der Waals surface area contributed by atoms with Gasteiger partial charge < -0.3 is 25.6 Å². The van der Waals surface area contributed by atoms with Crippen LogP contribution in [0.3, 0.4) is 0 Å². The summed E-state index contributed by atoms with van der Waals surface area (Å²) >= 11 is 6.37. The molecule has 2 aliphatic carbocycles. The van der Waals surface area contributed by atoms with Gasteiger partial charge in [0.15, 0.2) is 0 Å². The molecular formula is C32H31ClFN5O5. The van der Waals surface area contributed by atoms with E-state index in [0.29, 0.717) is 41.3 Å². The summed E-state index contributed by atoms with van der Waals surface area (Å²) in [6.07, 6.45) is 5.45. The highest BCUT2D eigenvalue weighted by Crippen LogP contribution is 2.50. The Labute approximate surface area is 257 Å². The van der Waals surface area contributed by atoms with Gasteiger partial charge in [-0.15, -0.1) is 0 Å². The van der Waals surface area contributed by atoms with Crippen molar-refractivity contribution in [3.8, 4) is 22.8 Å². The minimum absolute atomic E-state index is 0.0526. The Morgan fingerprint density at radius 3 is 2.73 bits per heavy atom. The van der Waals surface area contributed by atoms with Crippen LogP contribution in [-0.4, -0.2) is 51.9 Å². The molecular weight excluding hydrogens is 589 g/mol. The standard InChI is InChI=1S/C32H31ClFN5O5/c1-31(30(35)41)15-44-28-21(31)12-24(37-27(28)20-4-3-5-22(34)25(20)33)32(42,18-6-7-18)14-36-29(40)16-10-17-13-39(19-8-9-19)38-26(17)23(11-16)43-2/h3-5,10-13,18-19,42H,6-9,14-15H2,1-2H3,(H2,35,41)(H,36,40)/t31-,32?/m0/s1. The first kappa shape index (κ1) is 28.5. The fourth-order valence-electron chi connectivity index (χ4n) is 5.93. The van der Waals surface area contributed by atoms with E-state index in [2.05, 4.69) is 10.4 Å². The summed E-state index contributed by atoms with van der Waals surface area (Å²) in [5.74, 6) is -1.18. The summed E-state index contributed by atoms with van der Waals surface area (Å²) < 4.78 is 27.9. The van der Waals surface area contributed by atoms with Gasteiger partial charge in [-0.3, -0.25) is 14.3 Å². The van der Waals surface area contributed by atoms with Crippen LogP contribution in [0.2, 0.25) is 5.02 Å². The van der Waals surface area contributed by atoms with Gasteiger partial charge in [0.25, 0.3) is 5.91 Å². The lowest BCUT2D eigenvalue weighted by molar-refractivity contribution is -0.123. The Bertz CT molecular complexity index is 1850. The van der Waals surface area contributed by atoms with Crippen LogP contribution in [-0.2, 0) is 15.8 Å². The molecule has 228 valence electrons. The number of rotatable bonds is 9. The molecule has 3 aliphatic rings. The molecule has 2 aromatic carbocycles. The van der Waals surface area contributed by atoms with Gasteiger partial charge in [-0.2, -0.15) is 5.10 Å². The smallest absolute Gasteiger partial charge is 0.251 e. The summed E-state index contributed by atoms with van der Waals surface area (Å²) in [5, 5.41) is 20.3. The van der Waals surface area contributed by atoms with E-state index >= 15 is 0 Å². The Balaban J connectivity index is 1.27. The van der Waals surface area contributed by atoms with Crippen LogP contribution in [0.5, 0.6) is 11.5 Å². The van der Waals surface area contributed by atoms with E-state index in [9.17, 15) is 19.1 Å². The van der Waals surface area contributed by atoms with Gasteiger partial charge in [0.1, 0.15) is 46.1 Å². The number of carbonyl (C=O) groups excluding carboxylic acids is 2. The van der Waals surface area contributed by atoms with Crippen LogP contribution >= 0.6 is 11.6 Å². The van der Waals surface area contributed by atoms with E-state index < -0.39 is 28.6 Å². The second-order valence-corrected chi connectivity index (χ2v) is 12.5. The first-order valence-electron chi connectivity index (χ1n) is 14.5. The number of carbonyl (C=O) groups is 2. The fraction of sp³-hybridized carbons (Fsp3) is 0.375. The summed E-state index contributed by atoms with van der Waals surface area (Å²) in [6.45, 7) is 1.42. The molecule has 7 rings (SSSR count). The van der Waals surface area contributed by atoms with Crippen molar-refractivity contribution in [2.45, 2.75) is 49.7 Å². The average molecular weight is 620 g/mol. The third-order valence-corrected chi connectivity index (χ3v) is 9.42. The summed E-state index contributed by atoms with van der Waals surface area (Å²) in [4.78, 5) is 30.9. The third-order valence-electron chi connectivity index (χ3n) is 9.03. The highest BCUT2D eigenvalue weighted by Gasteiger charge is 2.50. The van der Waals surface area contributed by atoms with Gasteiger partial charge in [-0.1, -0.05) is 23.7 Å². The van der Waals surface area contributed by atoms with Crippen LogP contribution in [0.4, 0.5) is 4.39 Å². The average Bonchev–Trinajstić information content (AvgIpc) is 3.96. The first-order valence-corrected chi connectivity index (χ1v) is 14.9. The number of aromatic nitrogens is 3. The number of ether oxygens (including phenoxy) is 2. The summed E-state index contributed by atoms with van der Waals surface area (Å²) in [5.41, 5.74) is 5.03. The Morgan fingerprint density at radius 2 is 2.05 bits per heavy atom. The van der Waals surface area contributed by atoms with Crippen LogP contribution < -0.4 is 20.5 Å². The number of nitrogens with one attached hydrogen (secondary N) is 1. The number of hydrogen-bond donors (Lipinski definition) is 3. The van der Waals surface area contributed by atoms with Gasteiger partial charge >= 0.3 is 0 Å². The highest BCUT2D eigenvalue weighted by atomic mass is 35.5. The van der Waals surface area contributed by atoms with E-state index in [1.165, 1.54) is 19.2 Å². The molecule has 0 saturated heterocycles. The Hall–Kier alpha value is -4.22. The lowest BCUT2D eigenvalue weighted by atomic mass is 9.81. The summed E-state index contributed by atoms with van der Waals surface area (Å²) in [7, 11) is 1.53. The van der Waals surface area contributed by atoms with Crippen molar-refractivity contribution in [3.63, 3.8) is 0 Å². The minimum atomic E-state index is -1.62. The van der Waals surface area contributed by atoms with Gasteiger partial charge in [-0.05, 0) is 62.8 Å². The molecule has 2 saturated carbocycles. The lowest BCUT2D eigenvalue weighted by Gasteiger charge is -2.30. The lowest BCUT2D eigenvalue weighted by Crippen LogP contribution is -2.44. The van der Waals surface area contributed by atoms with Crippen molar-refractivity contribution < 1.29 is 28.6 Å². The maximum atomic E-state index is 14.6. The molecule has 12 heteroatoms. The quantitative estimate of drug-likeness (QED) is 0.252. The van der Waals surface area contributed by atoms with Gasteiger partial charge in [0.05, 0.1) is 30.4 Å². The van der Waals surface area contributed by atoms with Crippen LogP contribution in [0.25, 0.3) is 22.2 Å². The largest absolute Gasteiger partial charge is 0.494 e. The molecule has 1 aliphatic heterocycles. The number of benzene rings is 2. The number of halogens is 2. The van der Waals surface area contributed by atoms with E-state index in [-0.39, 0.29) is 46.8 Å². The van der Waals surface area contributed by atoms with Crippen molar-refractivity contribution in [2.24, 2.45) is 11.7 Å². The molecule has 4 aromatic rings. The fourth-order valence-corrected chi connectivity index (χ4v) is 6.15. The third kappa shape index (κ3) is 4.57. The zero-order chi connectivity index (χ0) is 31.0. The van der Waals surface area contributed by atoms with Crippen molar-refractivity contribution in [3.05, 3.63) is 70.3 Å². The number of pyridine rings is 1. The molecule has 0 spiro atoms. The zero-order valence-electron chi connectivity index (χ0n) is 24.2. The monoisotopic (exact) mass is 619 g/mol. The molecule has 10 nitrogen and oxygen atoms in total. The van der Waals surface area contributed by atoms with Crippen molar-refractivity contribution >= 4 is 34.3 Å². The highest BCUT2D eigenvalue weighted by molar-refractivity contribution is 6.33. The summed E-state index contributed by atoms with van der Waals surface area (Å²) in [6, 6.07) is 9.67. The predicted octanol–water partition coefficient (Wildman–Crippen LogP) is 4.40. The minimum Gasteiger partial charge on any atom is -0.494 e. The van der Waals surface area contributed by atoms with Crippen LogP contribution in [0.15, 0.2) is 42.6 Å². The SMILES string of the molecule is COc1cc(C(=O)NCC(O)(c2cc3c(c(-c4cccc(F)c4Cl)n2)OC[C@]3(C)C(N)=O)C2CC2)cc2cn(C3CC3)nc12. The predicted molar refractivity (Wildman–Crippen MR) is 160 cm³/mol. The Kier molecular flexibility index (Phi) is 6.60. The molecule has 44 heavy (non-hydrogen) atoms. The maximum absolute atomic E-state index is 14.6. The number of nitrogens with zero attached hydrogens (tertiary/aromatic N) is 3. The van der Waals surface area contributed by atoms with E-state index in [4.69, 9.17) is 31.8 Å². The van der Waals surface area contributed by atoms with Gasteiger partial charge in [0, 0.05) is 28.3 Å². The molecule has 0 radical (unpaired) electrons.